The van der Waals surface area contributed by atoms with E-state index in [9.17, 15) is 9.59 Å². The molecule has 0 spiro atoms. The second-order valence-corrected chi connectivity index (χ2v) is 8.50. The summed E-state index contributed by atoms with van der Waals surface area (Å²) in [5, 5.41) is 3.28. The van der Waals surface area contributed by atoms with E-state index in [1.54, 1.807) is 42.5 Å². The summed E-state index contributed by atoms with van der Waals surface area (Å²) < 4.78 is 0.967. The number of amides is 1. The van der Waals surface area contributed by atoms with Crippen LogP contribution < -0.4 is 5.32 Å². The SMILES string of the molecule is Cc1ccc(Br)cc1SCC(=O)Nc1ccc(Cl)cc1C(=O)c1ccccc1. The van der Waals surface area contributed by atoms with E-state index in [0.717, 1.165) is 14.9 Å². The monoisotopic (exact) mass is 473 g/mol. The van der Waals surface area contributed by atoms with E-state index in [4.69, 9.17) is 11.6 Å². The Morgan fingerprint density at radius 2 is 1.79 bits per heavy atom. The fraction of sp³-hybridized carbons (Fsp3) is 0.0909. The van der Waals surface area contributed by atoms with E-state index in [0.29, 0.717) is 21.8 Å². The molecule has 0 atom stereocenters. The summed E-state index contributed by atoms with van der Waals surface area (Å²) in [6.45, 7) is 2.00. The highest BCUT2D eigenvalue weighted by Crippen LogP contribution is 2.27. The minimum Gasteiger partial charge on any atom is -0.325 e. The molecule has 3 nitrogen and oxygen atoms in total. The highest BCUT2D eigenvalue weighted by molar-refractivity contribution is 9.10. The number of aryl methyl sites for hydroxylation is 1. The van der Waals surface area contributed by atoms with Gasteiger partial charge in [-0.25, -0.2) is 0 Å². The number of anilines is 1. The lowest BCUT2D eigenvalue weighted by atomic mass is 10.0. The van der Waals surface area contributed by atoms with Crippen LogP contribution in [0.5, 0.6) is 0 Å². The fourth-order valence-corrected chi connectivity index (χ4v) is 4.17. The van der Waals surface area contributed by atoms with Crippen molar-refractivity contribution < 1.29 is 9.59 Å². The van der Waals surface area contributed by atoms with Crippen molar-refractivity contribution in [1.82, 2.24) is 0 Å². The number of rotatable bonds is 6. The van der Waals surface area contributed by atoms with E-state index < -0.39 is 0 Å². The summed E-state index contributed by atoms with van der Waals surface area (Å²) in [7, 11) is 0. The molecule has 3 aromatic rings. The predicted octanol–water partition coefficient (Wildman–Crippen LogP) is 6.37. The number of thioether (sulfide) groups is 1. The molecule has 0 bridgehead atoms. The lowest BCUT2D eigenvalue weighted by molar-refractivity contribution is -0.113. The lowest BCUT2D eigenvalue weighted by Crippen LogP contribution is -2.17. The highest BCUT2D eigenvalue weighted by Gasteiger charge is 2.16. The molecule has 1 N–H and O–H groups in total. The van der Waals surface area contributed by atoms with Crippen molar-refractivity contribution in [1.29, 1.82) is 0 Å². The normalized spacial score (nSPS) is 10.5. The summed E-state index contributed by atoms with van der Waals surface area (Å²) in [5.41, 5.74) is 2.47. The van der Waals surface area contributed by atoms with Gasteiger partial charge in [0.2, 0.25) is 5.91 Å². The minimum atomic E-state index is -0.186. The van der Waals surface area contributed by atoms with Gasteiger partial charge in [0.1, 0.15) is 0 Å². The molecule has 0 aliphatic rings. The van der Waals surface area contributed by atoms with Crippen molar-refractivity contribution in [2.45, 2.75) is 11.8 Å². The smallest absolute Gasteiger partial charge is 0.234 e. The standard InChI is InChI=1S/C22H17BrClNO2S/c1-14-7-8-16(23)11-20(14)28-13-21(26)25-19-10-9-17(24)12-18(19)22(27)15-5-3-2-4-6-15/h2-12H,13H2,1H3,(H,25,26). The molecule has 1 amide bonds. The van der Waals surface area contributed by atoms with Gasteiger partial charge in [0.05, 0.1) is 11.4 Å². The number of carbonyl (C=O) groups is 2. The van der Waals surface area contributed by atoms with Crippen LogP contribution in [0.25, 0.3) is 0 Å². The molecule has 6 heteroatoms. The van der Waals surface area contributed by atoms with Gasteiger partial charge in [-0.15, -0.1) is 11.8 Å². The Morgan fingerprint density at radius 3 is 2.54 bits per heavy atom. The van der Waals surface area contributed by atoms with Gasteiger partial charge in [-0.05, 0) is 42.8 Å². The first-order valence-electron chi connectivity index (χ1n) is 8.52. The van der Waals surface area contributed by atoms with Gasteiger partial charge in [-0.1, -0.05) is 63.9 Å². The summed E-state index contributed by atoms with van der Waals surface area (Å²) in [4.78, 5) is 26.4. The zero-order valence-electron chi connectivity index (χ0n) is 15.0. The van der Waals surface area contributed by atoms with Gasteiger partial charge in [-0.2, -0.15) is 0 Å². The Balaban J connectivity index is 1.76. The number of carbonyl (C=O) groups excluding carboxylic acids is 2. The Morgan fingerprint density at radius 1 is 1.04 bits per heavy atom. The van der Waals surface area contributed by atoms with Gasteiger partial charge >= 0.3 is 0 Å². The maximum absolute atomic E-state index is 12.8. The first-order valence-corrected chi connectivity index (χ1v) is 10.7. The third-order valence-corrected chi connectivity index (χ3v) is 5.93. The topological polar surface area (TPSA) is 46.2 Å². The van der Waals surface area contributed by atoms with Gasteiger partial charge in [0, 0.05) is 25.5 Å². The maximum atomic E-state index is 12.8. The van der Waals surface area contributed by atoms with E-state index >= 15 is 0 Å². The molecule has 0 radical (unpaired) electrons. The quantitative estimate of drug-likeness (QED) is 0.333. The van der Waals surface area contributed by atoms with Crippen LogP contribution in [0.15, 0.2) is 76.1 Å². The van der Waals surface area contributed by atoms with Crippen LogP contribution in [0.2, 0.25) is 5.02 Å². The average molecular weight is 475 g/mol. The number of hydrogen-bond acceptors (Lipinski definition) is 3. The zero-order valence-corrected chi connectivity index (χ0v) is 18.2. The summed E-state index contributed by atoms with van der Waals surface area (Å²) >= 11 is 11.0. The van der Waals surface area contributed by atoms with Crippen molar-refractivity contribution in [2.75, 3.05) is 11.1 Å². The van der Waals surface area contributed by atoms with E-state index in [1.165, 1.54) is 11.8 Å². The lowest BCUT2D eigenvalue weighted by Gasteiger charge is -2.12. The molecule has 28 heavy (non-hydrogen) atoms. The van der Waals surface area contributed by atoms with E-state index in [-0.39, 0.29) is 17.4 Å². The van der Waals surface area contributed by atoms with Crippen LogP contribution in [0.3, 0.4) is 0 Å². The van der Waals surface area contributed by atoms with E-state index in [1.807, 2.05) is 31.2 Å². The first kappa shape index (κ1) is 20.6. The van der Waals surface area contributed by atoms with Crippen LogP contribution in [0.4, 0.5) is 5.69 Å². The largest absolute Gasteiger partial charge is 0.325 e. The molecule has 142 valence electrons. The molecule has 0 saturated heterocycles. The van der Waals surface area contributed by atoms with Crippen LogP contribution in [-0.2, 0) is 4.79 Å². The molecular weight excluding hydrogens is 458 g/mol. The molecule has 3 rings (SSSR count). The van der Waals surface area contributed by atoms with Crippen molar-refractivity contribution in [3.05, 3.63) is 92.9 Å². The first-order chi connectivity index (χ1) is 13.4. The third-order valence-electron chi connectivity index (χ3n) is 4.05. The molecule has 0 aliphatic carbocycles. The molecule has 0 fully saturated rings. The Labute approximate surface area is 181 Å². The predicted molar refractivity (Wildman–Crippen MR) is 120 cm³/mol. The summed E-state index contributed by atoms with van der Waals surface area (Å²) in [6, 6.07) is 19.8. The maximum Gasteiger partial charge on any atom is 0.234 e. The second kappa shape index (κ2) is 9.41. The molecule has 0 heterocycles. The van der Waals surface area contributed by atoms with Gasteiger partial charge in [0.15, 0.2) is 5.78 Å². The van der Waals surface area contributed by atoms with Crippen molar-refractivity contribution in [3.8, 4) is 0 Å². The van der Waals surface area contributed by atoms with Gasteiger partial charge in [0.25, 0.3) is 0 Å². The number of hydrogen-bond donors (Lipinski definition) is 1. The summed E-state index contributed by atoms with van der Waals surface area (Å²) in [5.74, 6) is -0.137. The molecular formula is C22H17BrClNO2S. The Hall–Kier alpha value is -2.08. The van der Waals surface area contributed by atoms with Crippen LogP contribution >= 0.6 is 39.3 Å². The van der Waals surface area contributed by atoms with Crippen molar-refractivity contribution >= 4 is 56.7 Å². The zero-order chi connectivity index (χ0) is 20.1. The van der Waals surface area contributed by atoms with Crippen molar-refractivity contribution in [3.63, 3.8) is 0 Å². The molecule has 3 aromatic carbocycles. The highest BCUT2D eigenvalue weighted by atomic mass is 79.9. The minimum absolute atomic E-state index is 0.186. The molecule has 0 aliphatic heterocycles. The second-order valence-electron chi connectivity index (χ2n) is 6.13. The van der Waals surface area contributed by atoms with Gasteiger partial charge in [-0.3, -0.25) is 9.59 Å². The number of nitrogens with one attached hydrogen (secondary N) is 1. The number of halogens is 2. The summed E-state index contributed by atoms with van der Waals surface area (Å²) in [6.07, 6.45) is 0. The number of benzene rings is 3. The molecule has 0 unspecified atom stereocenters. The van der Waals surface area contributed by atoms with Crippen LogP contribution in [0.1, 0.15) is 21.5 Å². The van der Waals surface area contributed by atoms with Crippen LogP contribution in [-0.4, -0.2) is 17.4 Å². The van der Waals surface area contributed by atoms with Crippen LogP contribution in [0, 0.1) is 6.92 Å². The Kier molecular flexibility index (Phi) is 6.94. The average Bonchev–Trinajstić information content (AvgIpc) is 2.70. The molecule has 0 saturated carbocycles. The Bertz CT molecular complexity index is 1020. The van der Waals surface area contributed by atoms with E-state index in [2.05, 4.69) is 21.2 Å². The fourth-order valence-electron chi connectivity index (χ4n) is 2.62. The third kappa shape index (κ3) is 5.25. The molecule has 0 aromatic heterocycles. The van der Waals surface area contributed by atoms with Gasteiger partial charge < -0.3 is 5.32 Å². The number of ketones is 1. The van der Waals surface area contributed by atoms with Crippen molar-refractivity contribution in [2.24, 2.45) is 0 Å².